The number of aliphatic hydroxyl groups excluding tert-OH is 11. The van der Waals surface area contributed by atoms with Crippen LogP contribution in [0.2, 0.25) is 0 Å². The lowest BCUT2D eigenvalue weighted by molar-refractivity contribution is -0.385. The minimum absolute atomic E-state index is 0.706. The fraction of sp³-hybridized carbons (Fsp3) is 0.962. The second kappa shape index (κ2) is 15.5. The van der Waals surface area contributed by atoms with Crippen LogP contribution in [-0.2, 0) is 38.0 Å². The van der Waals surface area contributed by atoms with Crippen molar-refractivity contribution in [3.05, 3.63) is 0 Å². The lowest BCUT2D eigenvalue weighted by atomic mass is 9.94. The van der Waals surface area contributed by atoms with Gasteiger partial charge in [-0.3, -0.25) is 4.79 Å². The Labute approximate surface area is 262 Å². The zero-order valence-electron chi connectivity index (χ0n) is 25.1. The summed E-state index contributed by atoms with van der Waals surface area (Å²) in [5.41, 5.74) is 0. The molecule has 4 heterocycles. The average molecular weight is 676 g/mol. The predicted octanol–water partition coefficient (Wildman–Crippen LogP) is -7.55. The molecule has 4 rings (SSSR count). The standard InChI is InChI=1S/C26H45NO19/c1-6-12(31)16(35)18(37)25(41-6)44-20-11(27-8(3)30)24(42-10(5-29)15(20)34)46-22-21(13(32)7(2)40-23(22)39)45-26-19(38)17(36)14(33)9(4-28)43-26/h6-7,9-26,28-29,31-39H,4-5H2,1-3H3,(H,27,30)/t6?,7?,9-,10?,11+,12+,13+,14-,15+,16-,17?,18?,19?,20?,21-,22?,23-,24+,25+,26-/m1/s1. The van der Waals surface area contributed by atoms with Crippen LogP contribution in [0.1, 0.15) is 20.8 Å². The van der Waals surface area contributed by atoms with Gasteiger partial charge in [-0.1, -0.05) is 0 Å². The van der Waals surface area contributed by atoms with Crippen molar-refractivity contribution in [1.29, 1.82) is 0 Å². The molecule has 0 radical (unpaired) electrons. The van der Waals surface area contributed by atoms with Gasteiger partial charge in [0.2, 0.25) is 5.91 Å². The molecule has 0 spiro atoms. The van der Waals surface area contributed by atoms with Crippen molar-refractivity contribution in [2.24, 2.45) is 0 Å². The maximum atomic E-state index is 12.3. The van der Waals surface area contributed by atoms with Gasteiger partial charge in [-0.05, 0) is 13.8 Å². The Morgan fingerprint density at radius 3 is 1.63 bits per heavy atom. The summed E-state index contributed by atoms with van der Waals surface area (Å²) in [6, 6.07) is -1.51. The van der Waals surface area contributed by atoms with Crippen LogP contribution < -0.4 is 5.32 Å². The minimum Gasteiger partial charge on any atom is -0.394 e. The monoisotopic (exact) mass is 675 g/mol. The van der Waals surface area contributed by atoms with E-state index in [0.29, 0.717) is 0 Å². The SMILES string of the molecule is CC(=O)N[C@H]1C(O[C@@H]2OC(C)[C@H](O)[C@@H](O)C2O)[C@@H](O)C(CO)O[C@H]1OC1[C@H](O)OC(C)[C@H](O)[C@H]1O[C@H]1O[C@H](CO)[C@@H](O)C(O)C1O. The maximum Gasteiger partial charge on any atom is 0.217 e. The summed E-state index contributed by atoms with van der Waals surface area (Å²) in [6.07, 6.45) is -30.9. The van der Waals surface area contributed by atoms with Crippen LogP contribution in [-0.4, -0.2) is 198 Å². The van der Waals surface area contributed by atoms with Crippen LogP contribution in [0.4, 0.5) is 0 Å². The number of hydrogen-bond acceptors (Lipinski definition) is 19. The number of ether oxygens (including phenoxy) is 7. The Kier molecular flexibility index (Phi) is 12.7. The summed E-state index contributed by atoms with van der Waals surface area (Å²) < 4.78 is 39.4. The van der Waals surface area contributed by atoms with Gasteiger partial charge in [0, 0.05) is 6.92 Å². The largest absolute Gasteiger partial charge is 0.394 e. The molecule has 46 heavy (non-hydrogen) atoms. The van der Waals surface area contributed by atoms with Gasteiger partial charge >= 0.3 is 0 Å². The van der Waals surface area contributed by atoms with E-state index in [1.807, 2.05) is 0 Å². The van der Waals surface area contributed by atoms with E-state index in [2.05, 4.69) is 5.32 Å². The summed E-state index contributed by atoms with van der Waals surface area (Å²) in [4.78, 5) is 12.3. The average Bonchev–Trinajstić information content (AvgIpc) is 3.01. The third-order valence-electron chi connectivity index (χ3n) is 8.53. The molecule has 0 aromatic carbocycles. The molecule has 4 saturated heterocycles. The fourth-order valence-electron chi connectivity index (χ4n) is 5.81. The Bertz CT molecular complexity index is 995. The molecule has 8 unspecified atom stereocenters. The van der Waals surface area contributed by atoms with E-state index in [9.17, 15) is 61.0 Å². The molecule has 1 amide bonds. The van der Waals surface area contributed by atoms with Gasteiger partial charge < -0.3 is 94.6 Å². The van der Waals surface area contributed by atoms with E-state index < -0.39 is 142 Å². The topological polar surface area (TPSA) is 316 Å². The molecule has 20 nitrogen and oxygen atoms in total. The van der Waals surface area contributed by atoms with Crippen LogP contribution in [0.15, 0.2) is 0 Å². The number of carbonyl (C=O) groups is 1. The smallest absolute Gasteiger partial charge is 0.217 e. The Balaban J connectivity index is 1.63. The normalized spacial score (nSPS) is 51.9. The zero-order valence-corrected chi connectivity index (χ0v) is 25.1. The molecule has 268 valence electrons. The van der Waals surface area contributed by atoms with Crippen molar-refractivity contribution >= 4 is 5.91 Å². The van der Waals surface area contributed by atoms with Crippen LogP contribution in [0, 0.1) is 0 Å². The van der Waals surface area contributed by atoms with Crippen molar-refractivity contribution in [2.45, 2.75) is 144 Å². The highest BCUT2D eigenvalue weighted by atomic mass is 16.8. The van der Waals surface area contributed by atoms with E-state index in [4.69, 9.17) is 33.2 Å². The molecule has 12 N–H and O–H groups in total. The lowest BCUT2D eigenvalue weighted by Crippen LogP contribution is -2.70. The van der Waals surface area contributed by atoms with Crippen LogP contribution in [0.3, 0.4) is 0 Å². The summed E-state index contributed by atoms with van der Waals surface area (Å²) in [6.45, 7) is 2.23. The maximum absolute atomic E-state index is 12.3. The van der Waals surface area contributed by atoms with Gasteiger partial charge in [0.15, 0.2) is 25.2 Å². The summed E-state index contributed by atoms with van der Waals surface area (Å²) >= 11 is 0. The first-order chi connectivity index (χ1) is 21.6. The van der Waals surface area contributed by atoms with Crippen molar-refractivity contribution < 1.29 is 94.1 Å². The highest BCUT2D eigenvalue weighted by molar-refractivity contribution is 5.73. The predicted molar refractivity (Wildman–Crippen MR) is 143 cm³/mol. The van der Waals surface area contributed by atoms with Crippen molar-refractivity contribution in [1.82, 2.24) is 5.32 Å². The van der Waals surface area contributed by atoms with Gasteiger partial charge in [-0.25, -0.2) is 0 Å². The van der Waals surface area contributed by atoms with Gasteiger partial charge in [-0.2, -0.15) is 0 Å². The van der Waals surface area contributed by atoms with Gasteiger partial charge in [0.25, 0.3) is 0 Å². The molecule has 0 bridgehead atoms. The molecule has 0 saturated carbocycles. The second-order valence-corrected chi connectivity index (χ2v) is 11.8. The van der Waals surface area contributed by atoms with Crippen LogP contribution in [0.25, 0.3) is 0 Å². The molecule has 4 aliphatic rings. The summed E-state index contributed by atoms with van der Waals surface area (Å²) in [5.74, 6) is -0.706. The first-order valence-corrected chi connectivity index (χ1v) is 14.8. The summed E-state index contributed by atoms with van der Waals surface area (Å²) in [5, 5.41) is 117. The van der Waals surface area contributed by atoms with E-state index in [-0.39, 0.29) is 0 Å². The molecular formula is C26H45NO19. The molecule has 0 aromatic rings. The number of amides is 1. The van der Waals surface area contributed by atoms with Crippen molar-refractivity contribution in [3.63, 3.8) is 0 Å². The van der Waals surface area contributed by atoms with Gasteiger partial charge in [0.05, 0.1) is 25.4 Å². The Morgan fingerprint density at radius 2 is 1.04 bits per heavy atom. The van der Waals surface area contributed by atoms with Crippen molar-refractivity contribution in [3.8, 4) is 0 Å². The second-order valence-electron chi connectivity index (χ2n) is 11.8. The van der Waals surface area contributed by atoms with E-state index in [0.717, 1.165) is 6.92 Å². The van der Waals surface area contributed by atoms with E-state index in [1.165, 1.54) is 13.8 Å². The number of aliphatic hydroxyl groups is 11. The van der Waals surface area contributed by atoms with Gasteiger partial charge in [-0.15, -0.1) is 0 Å². The molecule has 20 heteroatoms. The Morgan fingerprint density at radius 1 is 0.565 bits per heavy atom. The minimum atomic E-state index is -1.90. The lowest BCUT2D eigenvalue weighted by Gasteiger charge is -2.50. The molecule has 0 aliphatic carbocycles. The van der Waals surface area contributed by atoms with Gasteiger partial charge in [0.1, 0.15) is 85.4 Å². The highest BCUT2D eigenvalue weighted by Gasteiger charge is 2.55. The first kappa shape index (κ1) is 37.6. The van der Waals surface area contributed by atoms with Crippen LogP contribution >= 0.6 is 0 Å². The first-order valence-electron chi connectivity index (χ1n) is 14.8. The molecule has 4 fully saturated rings. The molecular weight excluding hydrogens is 630 g/mol. The zero-order chi connectivity index (χ0) is 34.2. The number of carbonyl (C=O) groups excluding carboxylic acids is 1. The number of rotatable bonds is 9. The quantitative estimate of drug-likeness (QED) is 0.108. The molecule has 4 aliphatic heterocycles. The van der Waals surface area contributed by atoms with E-state index in [1.54, 1.807) is 0 Å². The highest BCUT2D eigenvalue weighted by Crippen LogP contribution is 2.34. The third-order valence-corrected chi connectivity index (χ3v) is 8.53. The number of hydrogen-bond donors (Lipinski definition) is 12. The van der Waals surface area contributed by atoms with Crippen LogP contribution in [0.5, 0.6) is 0 Å². The molecule has 20 atom stereocenters. The Hall–Kier alpha value is -1.25. The van der Waals surface area contributed by atoms with Crippen molar-refractivity contribution in [2.75, 3.05) is 13.2 Å². The summed E-state index contributed by atoms with van der Waals surface area (Å²) in [7, 11) is 0. The third kappa shape index (κ3) is 7.64. The van der Waals surface area contributed by atoms with E-state index >= 15 is 0 Å². The number of nitrogens with one attached hydrogen (secondary N) is 1. The molecule has 0 aromatic heterocycles. The fourth-order valence-corrected chi connectivity index (χ4v) is 5.81.